The molecule has 2 aromatic rings. The molecular weight excluding hydrogens is 422 g/mol. The fourth-order valence-corrected chi connectivity index (χ4v) is 3.80. The Balaban J connectivity index is 1.90. The second-order valence-corrected chi connectivity index (χ2v) is 8.90. The Morgan fingerprint density at radius 1 is 1.09 bits per heavy atom. The van der Waals surface area contributed by atoms with Crippen molar-refractivity contribution in [1.29, 1.82) is 5.26 Å². The molecule has 1 fully saturated rings. The molecule has 0 saturated carbocycles. The minimum Gasteiger partial charge on any atom is -0.465 e. The van der Waals surface area contributed by atoms with Gasteiger partial charge in [0.15, 0.2) is 0 Å². The summed E-state index contributed by atoms with van der Waals surface area (Å²) >= 11 is 0. The van der Waals surface area contributed by atoms with E-state index in [2.05, 4.69) is 5.32 Å². The predicted octanol–water partition coefficient (Wildman–Crippen LogP) is 3.93. The molecule has 2 amide bonds. The SMILES string of the molecule is COC(=O)c1cccc([C@@H]2CN(C(=O)OC(C)(C)C)C[C@H]2C(=O)Nc2cccc(C#N)c2)c1. The van der Waals surface area contributed by atoms with Crippen LogP contribution < -0.4 is 5.32 Å². The number of anilines is 1. The van der Waals surface area contributed by atoms with Crippen LogP contribution in [0.1, 0.15) is 48.2 Å². The zero-order valence-corrected chi connectivity index (χ0v) is 19.1. The Morgan fingerprint density at radius 2 is 1.82 bits per heavy atom. The van der Waals surface area contributed by atoms with E-state index in [0.717, 1.165) is 5.56 Å². The standard InChI is InChI=1S/C25H27N3O5/c1-25(2,3)33-24(31)28-14-20(17-8-6-9-18(12-17)23(30)32-4)21(15-28)22(29)27-19-10-5-7-16(11-19)13-26/h5-12,20-21H,14-15H2,1-4H3,(H,27,29)/t20-,21+/m0/s1. The highest BCUT2D eigenvalue weighted by molar-refractivity contribution is 5.94. The number of carbonyl (C=O) groups is 3. The average molecular weight is 450 g/mol. The molecule has 0 spiro atoms. The molecule has 1 aliphatic heterocycles. The van der Waals surface area contributed by atoms with E-state index in [4.69, 9.17) is 14.7 Å². The lowest BCUT2D eigenvalue weighted by molar-refractivity contribution is -0.119. The largest absolute Gasteiger partial charge is 0.465 e. The van der Waals surface area contributed by atoms with Crippen molar-refractivity contribution >= 4 is 23.7 Å². The van der Waals surface area contributed by atoms with Gasteiger partial charge < -0.3 is 19.7 Å². The highest BCUT2D eigenvalue weighted by Gasteiger charge is 2.42. The second kappa shape index (κ2) is 9.74. The Morgan fingerprint density at radius 3 is 2.48 bits per heavy atom. The number of nitrogens with one attached hydrogen (secondary N) is 1. The topological polar surface area (TPSA) is 109 Å². The van der Waals surface area contributed by atoms with Crippen molar-refractivity contribution < 1.29 is 23.9 Å². The smallest absolute Gasteiger partial charge is 0.410 e. The molecular formula is C25H27N3O5. The first-order valence-electron chi connectivity index (χ1n) is 10.6. The molecule has 8 nitrogen and oxygen atoms in total. The summed E-state index contributed by atoms with van der Waals surface area (Å²) in [4.78, 5) is 39.5. The van der Waals surface area contributed by atoms with E-state index in [-0.39, 0.29) is 24.9 Å². The lowest BCUT2D eigenvalue weighted by Gasteiger charge is -2.24. The number of rotatable bonds is 4. The molecule has 0 aliphatic carbocycles. The predicted molar refractivity (Wildman–Crippen MR) is 122 cm³/mol. The average Bonchev–Trinajstić information content (AvgIpc) is 3.23. The molecule has 3 rings (SSSR count). The maximum absolute atomic E-state index is 13.3. The summed E-state index contributed by atoms with van der Waals surface area (Å²) in [7, 11) is 1.31. The Kier molecular flexibility index (Phi) is 7.02. The molecule has 2 aromatic carbocycles. The van der Waals surface area contributed by atoms with Gasteiger partial charge >= 0.3 is 12.1 Å². The number of likely N-dealkylation sites (tertiary alicyclic amines) is 1. The van der Waals surface area contributed by atoms with Crippen LogP contribution in [0.3, 0.4) is 0 Å². The maximum atomic E-state index is 13.3. The summed E-state index contributed by atoms with van der Waals surface area (Å²) < 4.78 is 10.3. The van der Waals surface area contributed by atoms with Crippen LogP contribution in [0.2, 0.25) is 0 Å². The third kappa shape index (κ3) is 5.89. The number of amides is 2. The summed E-state index contributed by atoms with van der Waals surface area (Å²) in [5.41, 5.74) is 1.37. The number of nitrogens with zero attached hydrogens (tertiary/aromatic N) is 2. The van der Waals surface area contributed by atoms with E-state index in [1.807, 2.05) is 12.1 Å². The van der Waals surface area contributed by atoms with Gasteiger partial charge in [0, 0.05) is 24.7 Å². The van der Waals surface area contributed by atoms with E-state index in [9.17, 15) is 14.4 Å². The molecule has 0 aromatic heterocycles. The minimum absolute atomic E-state index is 0.159. The fourth-order valence-electron chi connectivity index (χ4n) is 3.80. The third-order valence-corrected chi connectivity index (χ3v) is 5.30. The first kappa shape index (κ1) is 23.8. The number of hydrogen-bond donors (Lipinski definition) is 1. The van der Waals surface area contributed by atoms with Gasteiger partial charge in [0.25, 0.3) is 0 Å². The van der Waals surface area contributed by atoms with Gasteiger partial charge in [-0.3, -0.25) is 4.79 Å². The Hall–Kier alpha value is -3.86. The molecule has 172 valence electrons. The Bertz CT molecular complexity index is 1100. The van der Waals surface area contributed by atoms with Gasteiger partial charge in [0.1, 0.15) is 5.60 Å². The summed E-state index contributed by atoms with van der Waals surface area (Å²) in [5.74, 6) is -1.71. The van der Waals surface area contributed by atoms with Gasteiger partial charge in [-0.2, -0.15) is 5.26 Å². The zero-order valence-electron chi connectivity index (χ0n) is 19.1. The first-order valence-corrected chi connectivity index (χ1v) is 10.6. The van der Waals surface area contributed by atoms with E-state index >= 15 is 0 Å². The molecule has 1 saturated heterocycles. The number of methoxy groups -OCH3 is 1. The third-order valence-electron chi connectivity index (χ3n) is 5.30. The second-order valence-electron chi connectivity index (χ2n) is 8.90. The highest BCUT2D eigenvalue weighted by Crippen LogP contribution is 2.35. The zero-order chi connectivity index (χ0) is 24.2. The molecule has 0 radical (unpaired) electrons. The fraction of sp³-hybridized carbons (Fsp3) is 0.360. The van der Waals surface area contributed by atoms with Crippen LogP contribution in [0.25, 0.3) is 0 Å². The first-order chi connectivity index (χ1) is 15.6. The number of carbonyl (C=O) groups excluding carboxylic acids is 3. The van der Waals surface area contributed by atoms with Crippen molar-refractivity contribution in [2.75, 3.05) is 25.5 Å². The van der Waals surface area contributed by atoms with Crippen molar-refractivity contribution in [3.8, 4) is 6.07 Å². The van der Waals surface area contributed by atoms with Crippen LogP contribution in [-0.2, 0) is 14.3 Å². The minimum atomic E-state index is -0.671. The summed E-state index contributed by atoms with van der Waals surface area (Å²) in [5, 5.41) is 12.0. The number of benzene rings is 2. The maximum Gasteiger partial charge on any atom is 0.410 e. The lowest BCUT2D eigenvalue weighted by Crippen LogP contribution is -2.36. The van der Waals surface area contributed by atoms with Crippen LogP contribution in [0.5, 0.6) is 0 Å². The van der Waals surface area contributed by atoms with E-state index < -0.39 is 23.6 Å². The molecule has 8 heteroatoms. The van der Waals surface area contributed by atoms with Gasteiger partial charge in [-0.25, -0.2) is 9.59 Å². The van der Waals surface area contributed by atoms with Crippen molar-refractivity contribution in [3.05, 3.63) is 65.2 Å². The van der Waals surface area contributed by atoms with E-state index in [1.165, 1.54) is 12.0 Å². The van der Waals surface area contributed by atoms with Gasteiger partial charge in [0.05, 0.1) is 30.2 Å². The normalized spacial score (nSPS) is 17.7. The van der Waals surface area contributed by atoms with E-state index in [0.29, 0.717) is 16.8 Å². The number of hydrogen-bond acceptors (Lipinski definition) is 6. The number of nitriles is 1. The van der Waals surface area contributed by atoms with Gasteiger partial charge in [-0.15, -0.1) is 0 Å². The molecule has 2 atom stereocenters. The molecule has 0 unspecified atom stereocenters. The summed E-state index contributed by atoms with van der Waals surface area (Å²) in [6.07, 6.45) is -0.501. The van der Waals surface area contributed by atoms with Crippen molar-refractivity contribution in [2.24, 2.45) is 5.92 Å². The quantitative estimate of drug-likeness (QED) is 0.709. The van der Waals surface area contributed by atoms with Crippen molar-refractivity contribution in [2.45, 2.75) is 32.3 Å². The number of ether oxygens (including phenoxy) is 2. The Labute approximate surface area is 193 Å². The van der Waals surface area contributed by atoms with Crippen molar-refractivity contribution in [3.63, 3.8) is 0 Å². The van der Waals surface area contributed by atoms with Gasteiger partial charge in [-0.05, 0) is 56.7 Å². The molecule has 1 heterocycles. The summed E-state index contributed by atoms with van der Waals surface area (Å²) in [6.45, 7) is 5.77. The van der Waals surface area contributed by atoms with Crippen LogP contribution in [0.15, 0.2) is 48.5 Å². The van der Waals surface area contributed by atoms with Crippen LogP contribution in [0.4, 0.5) is 10.5 Å². The molecule has 1 aliphatic rings. The van der Waals surface area contributed by atoms with Crippen molar-refractivity contribution in [1.82, 2.24) is 4.90 Å². The van der Waals surface area contributed by atoms with Gasteiger partial charge in [-0.1, -0.05) is 18.2 Å². The molecule has 33 heavy (non-hydrogen) atoms. The summed E-state index contributed by atoms with van der Waals surface area (Å²) in [6, 6.07) is 15.5. The van der Waals surface area contributed by atoms with Gasteiger partial charge in [0.2, 0.25) is 5.91 Å². The number of esters is 1. The van der Waals surface area contributed by atoms with Crippen LogP contribution in [-0.4, -0.2) is 48.7 Å². The van der Waals surface area contributed by atoms with Crippen LogP contribution in [0, 0.1) is 17.2 Å². The van der Waals surface area contributed by atoms with Crippen LogP contribution >= 0.6 is 0 Å². The highest BCUT2D eigenvalue weighted by atomic mass is 16.6. The lowest BCUT2D eigenvalue weighted by atomic mass is 9.87. The molecule has 0 bridgehead atoms. The molecule has 1 N–H and O–H groups in total. The van der Waals surface area contributed by atoms with E-state index in [1.54, 1.807) is 63.2 Å². The monoisotopic (exact) mass is 449 g/mol.